The van der Waals surface area contributed by atoms with Crippen LogP contribution in [0.5, 0.6) is 0 Å². The Labute approximate surface area is 123 Å². The van der Waals surface area contributed by atoms with Gasteiger partial charge in [-0.3, -0.25) is 0 Å². The van der Waals surface area contributed by atoms with Gasteiger partial charge in [-0.05, 0) is 0 Å². The summed E-state index contributed by atoms with van der Waals surface area (Å²) >= 11 is 0.111. The van der Waals surface area contributed by atoms with Crippen molar-refractivity contribution >= 4 is 25.4 Å². The summed E-state index contributed by atoms with van der Waals surface area (Å²) in [5, 5.41) is 0. The monoisotopic (exact) mass is 328 g/mol. The molecule has 0 spiro atoms. The Morgan fingerprint density at radius 2 is 1.84 bits per heavy atom. The molecule has 0 saturated carbocycles. The van der Waals surface area contributed by atoms with Gasteiger partial charge in [-0.25, -0.2) is 0 Å². The maximum absolute atomic E-state index is 12.2. The number of hydrogen-bond acceptors (Lipinski definition) is 2. The number of benzene rings is 1. The molecule has 2 nitrogen and oxygen atoms in total. The molecule has 0 aliphatic carbocycles. The van der Waals surface area contributed by atoms with Gasteiger partial charge in [0.1, 0.15) is 0 Å². The number of rotatable bonds is 5. The summed E-state index contributed by atoms with van der Waals surface area (Å²) in [4.78, 5) is 12.2. The third-order valence-electron chi connectivity index (χ3n) is 3.35. The third kappa shape index (κ3) is 5.00. The van der Waals surface area contributed by atoms with Gasteiger partial charge in [0, 0.05) is 0 Å². The Bertz CT molecular complexity index is 395. The molecule has 1 aromatic carbocycles. The Balaban J connectivity index is 2.90. The first kappa shape index (κ1) is 16.3. The van der Waals surface area contributed by atoms with Crippen molar-refractivity contribution in [2.24, 2.45) is 11.3 Å². The van der Waals surface area contributed by atoms with Crippen LogP contribution in [0.15, 0.2) is 30.3 Å². The van der Waals surface area contributed by atoms with E-state index in [2.05, 4.69) is 39.8 Å². The molecule has 106 valence electrons. The van der Waals surface area contributed by atoms with E-state index in [1.54, 1.807) is 0 Å². The average molecular weight is 327 g/mol. The van der Waals surface area contributed by atoms with Crippen molar-refractivity contribution in [3.63, 3.8) is 0 Å². The fraction of sp³-hybridized carbons (Fsp3) is 0.562. The van der Waals surface area contributed by atoms with E-state index in [1.165, 1.54) is 4.46 Å². The van der Waals surface area contributed by atoms with Gasteiger partial charge in [-0.1, -0.05) is 0 Å². The molecule has 2 atom stereocenters. The van der Waals surface area contributed by atoms with E-state index in [0.29, 0.717) is 12.5 Å². The Morgan fingerprint density at radius 3 is 2.32 bits per heavy atom. The molecule has 0 aromatic heterocycles. The summed E-state index contributed by atoms with van der Waals surface area (Å²) in [6.45, 7) is 11.0. The van der Waals surface area contributed by atoms with E-state index < -0.39 is 0 Å². The Morgan fingerprint density at radius 1 is 1.26 bits per heavy atom. The molecule has 1 aromatic rings. The topological polar surface area (TPSA) is 26.3 Å². The van der Waals surface area contributed by atoms with Crippen molar-refractivity contribution in [2.45, 2.75) is 39.4 Å². The summed E-state index contributed by atoms with van der Waals surface area (Å²) < 4.78 is 6.52. The third-order valence-corrected chi connectivity index (χ3v) is 6.28. The van der Waals surface area contributed by atoms with E-state index in [1.807, 2.05) is 25.1 Å². The normalized spacial score (nSPS) is 14.8. The summed E-state index contributed by atoms with van der Waals surface area (Å²) in [7, 11) is 0. The predicted molar refractivity (Wildman–Crippen MR) is 80.8 cm³/mol. The van der Waals surface area contributed by atoms with Crippen molar-refractivity contribution in [2.75, 3.05) is 6.61 Å². The average Bonchev–Trinajstić information content (AvgIpc) is 2.35. The van der Waals surface area contributed by atoms with Crippen LogP contribution in [0.25, 0.3) is 0 Å². The first-order chi connectivity index (χ1) is 8.86. The van der Waals surface area contributed by atoms with Gasteiger partial charge in [-0.15, -0.1) is 0 Å². The molecule has 0 saturated heterocycles. The Kier molecular flexibility index (Phi) is 6.09. The number of carbonyl (C=O) groups is 1. The van der Waals surface area contributed by atoms with Crippen LogP contribution in [-0.2, 0) is 9.53 Å². The molecule has 1 rings (SSSR count). The molecular weight excluding hydrogens is 303 g/mol. The van der Waals surface area contributed by atoms with Gasteiger partial charge < -0.3 is 0 Å². The van der Waals surface area contributed by atoms with Crippen molar-refractivity contribution in [3.8, 4) is 0 Å². The molecule has 0 unspecified atom stereocenters. The van der Waals surface area contributed by atoms with Crippen LogP contribution in [0.3, 0.4) is 0 Å². The van der Waals surface area contributed by atoms with Gasteiger partial charge in [0.25, 0.3) is 0 Å². The van der Waals surface area contributed by atoms with Crippen molar-refractivity contribution in [1.82, 2.24) is 0 Å². The van der Waals surface area contributed by atoms with E-state index in [9.17, 15) is 4.79 Å². The van der Waals surface area contributed by atoms with E-state index in [4.69, 9.17) is 4.74 Å². The summed E-state index contributed by atoms with van der Waals surface area (Å²) in [5.74, 6) is 0.250. The molecule has 3 heteroatoms. The van der Waals surface area contributed by atoms with Crippen LogP contribution >= 0.6 is 0 Å². The first-order valence-electron chi connectivity index (χ1n) is 6.74. The molecule has 0 fully saturated rings. The Hall–Kier alpha value is -0.791. The van der Waals surface area contributed by atoms with Crippen molar-refractivity contribution in [1.29, 1.82) is 0 Å². The number of ether oxygens (including phenoxy) is 1. The van der Waals surface area contributed by atoms with Crippen LogP contribution in [0.1, 0.15) is 34.6 Å². The zero-order valence-electron chi connectivity index (χ0n) is 12.5. The first-order valence-corrected chi connectivity index (χ1v) is 8.59. The van der Waals surface area contributed by atoms with Crippen LogP contribution < -0.4 is 4.46 Å². The second-order valence-electron chi connectivity index (χ2n) is 5.76. The van der Waals surface area contributed by atoms with Crippen molar-refractivity contribution < 1.29 is 9.53 Å². The second kappa shape index (κ2) is 7.12. The molecular formula is C16H24O2Se. The molecule has 0 bridgehead atoms. The fourth-order valence-electron chi connectivity index (χ4n) is 1.68. The van der Waals surface area contributed by atoms with Crippen LogP contribution in [-0.4, -0.2) is 27.5 Å². The number of esters is 1. The van der Waals surface area contributed by atoms with E-state index >= 15 is 0 Å². The molecule has 0 N–H and O–H groups in total. The predicted octanol–water partition coefficient (Wildman–Crippen LogP) is 3.05. The van der Waals surface area contributed by atoms with Gasteiger partial charge in [0.2, 0.25) is 0 Å². The van der Waals surface area contributed by atoms with Gasteiger partial charge >= 0.3 is 123 Å². The van der Waals surface area contributed by atoms with Crippen LogP contribution in [0.4, 0.5) is 0 Å². The maximum atomic E-state index is 12.2. The summed E-state index contributed by atoms with van der Waals surface area (Å²) in [6.07, 6.45) is 0. The van der Waals surface area contributed by atoms with E-state index in [0.717, 1.165) is 0 Å². The molecule has 0 radical (unpaired) electrons. The fourth-order valence-corrected chi connectivity index (χ4v) is 4.58. The second-order valence-corrected chi connectivity index (χ2v) is 8.31. The van der Waals surface area contributed by atoms with Crippen molar-refractivity contribution in [3.05, 3.63) is 30.3 Å². The minimum atomic E-state index is -0.0474. The zero-order chi connectivity index (χ0) is 14.5. The molecule has 0 aliphatic rings. The van der Waals surface area contributed by atoms with Gasteiger partial charge in [0.05, 0.1) is 0 Å². The van der Waals surface area contributed by atoms with Gasteiger partial charge in [-0.2, -0.15) is 0 Å². The number of carbonyl (C=O) groups excluding carboxylic acids is 1. The molecule has 0 amide bonds. The standard InChI is InChI=1S/C16H24O2Se/c1-6-18-15(17)14(12(2)16(3,4)5)19-13-10-8-7-9-11-13/h7-12,14H,6H2,1-5H3/t12-,14-/m1/s1. The summed E-state index contributed by atoms with van der Waals surface area (Å²) in [5.41, 5.74) is 0.105. The molecule has 19 heavy (non-hydrogen) atoms. The molecule has 0 aliphatic heterocycles. The quantitative estimate of drug-likeness (QED) is 0.614. The SMILES string of the molecule is CCOC(=O)[C@H]([Se]c1ccccc1)[C@@H](C)C(C)(C)C. The van der Waals surface area contributed by atoms with Crippen LogP contribution in [0.2, 0.25) is 4.82 Å². The van der Waals surface area contributed by atoms with E-state index in [-0.39, 0.29) is 31.2 Å². The zero-order valence-corrected chi connectivity index (χ0v) is 14.2. The minimum absolute atomic E-state index is 0.0187. The van der Waals surface area contributed by atoms with Gasteiger partial charge in [0.15, 0.2) is 0 Å². The summed E-state index contributed by atoms with van der Waals surface area (Å²) in [6, 6.07) is 10.3. The molecule has 0 heterocycles. The van der Waals surface area contributed by atoms with Crippen LogP contribution in [0, 0.1) is 11.3 Å². The number of hydrogen-bond donors (Lipinski definition) is 0.